The molecule has 2 aliphatic rings. The van der Waals surface area contributed by atoms with Crippen molar-refractivity contribution in [3.8, 4) is 0 Å². The third-order valence-electron chi connectivity index (χ3n) is 4.39. The fraction of sp³-hybridized carbons (Fsp3) is 0.857. The summed E-state index contributed by atoms with van der Waals surface area (Å²) < 4.78 is 0. The van der Waals surface area contributed by atoms with Crippen LogP contribution in [0.15, 0.2) is 0 Å². The lowest BCUT2D eigenvalue weighted by atomic mass is 9.93. The average Bonchev–Trinajstić information content (AvgIpc) is 2.81. The summed E-state index contributed by atoms with van der Waals surface area (Å²) in [4.78, 5) is 26.6. The van der Waals surface area contributed by atoms with Crippen molar-refractivity contribution in [1.82, 2.24) is 9.80 Å². The van der Waals surface area contributed by atoms with Crippen molar-refractivity contribution in [2.45, 2.75) is 51.2 Å². The molecule has 20 heavy (non-hydrogen) atoms. The highest BCUT2D eigenvalue weighted by atomic mass is 16.4. The van der Waals surface area contributed by atoms with E-state index < -0.39 is 18.1 Å². The Morgan fingerprint density at radius 3 is 2.45 bits per heavy atom. The van der Waals surface area contributed by atoms with Crippen molar-refractivity contribution in [3.63, 3.8) is 0 Å². The number of carbonyl (C=O) groups is 2. The zero-order chi connectivity index (χ0) is 14.7. The Morgan fingerprint density at radius 1 is 1.25 bits per heavy atom. The van der Waals surface area contributed by atoms with Crippen LogP contribution in [0.4, 0.5) is 4.79 Å². The quantitative estimate of drug-likeness (QED) is 0.814. The SMILES string of the molecule is CCCC1CCN(C(=O)N2CC(O)CC2C(=O)O)CC1. The molecule has 6 heteroatoms. The lowest BCUT2D eigenvalue weighted by molar-refractivity contribution is -0.141. The predicted molar refractivity (Wildman–Crippen MR) is 73.4 cm³/mol. The number of aliphatic hydroxyl groups is 1. The van der Waals surface area contributed by atoms with E-state index in [1.54, 1.807) is 4.90 Å². The number of carboxylic acids is 1. The Kier molecular flexibility index (Phi) is 4.86. The molecule has 2 unspecified atom stereocenters. The summed E-state index contributed by atoms with van der Waals surface area (Å²) in [6.07, 6.45) is 3.76. The number of likely N-dealkylation sites (tertiary alicyclic amines) is 2. The summed E-state index contributed by atoms with van der Waals surface area (Å²) in [7, 11) is 0. The number of carbonyl (C=O) groups excluding carboxylic acids is 1. The van der Waals surface area contributed by atoms with E-state index in [4.69, 9.17) is 5.11 Å². The molecule has 2 N–H and O–H groups in total. The first-order chi connectivity index (χ1) is 9.52. The molecule has 0 radical (unpaired) electrons. The lowest BCUT2D eigenvalue weighted by Gasteiger charge is -2.35. The van der Waals surface area contributed by atoms with Gasteiger partial charge in [-0.15, -0.1) is 0 Å². The second-order valence-corrected chi connectivity index (χ2v) is 5.90. The number of urea groups is 1. The zero-order valence-corrected chi connectivity index (χ0v) is 12.0. The Hall–Kier alpha value is -1.30. The van der Waals surface area contributed by atoms with Gasteiger partial charge in [-0.25, -0.2) is 9.59 Å². The van der Waals surface area contributed by atoms with Gasteiger partial charge in [0.15, 0.2) is 0 Å². The number of β-amino-alcohol motifs (C(OH)–C–C–N with tert-alkyl or cyclic N) is 1. The predicted octanol–water partition coefficient (Wildman–Crippen LogP) is 1.14. The third-order valence-corrected chi connectivity index (χ3v) is 4.39. The van der Waals surface area contributed by atoms with Crippen LogP contribution in [0.25, 0.3) is 0 Å². The zero-order valence-electron chi connectivity index (χ0n) is 12.0. The second-order valence-electron chi connectivity index (χ2n) is 5.90. The van der Waals surface area contributed by atoms with Gasteiger partial charge in [-0.1, -0.05) is 19.8 Å². The number of carboxylic acid groups (broad SMARTS) is 1. The van der Waals surface area contributed by atoms with Gasteiger partial charge in [-0.05, 0) is 18.8 Å². The van der Waals surface area contributed by atoms with Crippen molar-refractivity contribution < 1.29 is 19.8 Å². The number of aliphatic carboxylic acids is 1. The van der Waals surface area contributed by atoms with Crippen LogP contribution in [-0.2, 0) is 4.79 Å². The van der Waals surface area contributed by atoms with Crippen molar-refractivity contribution in [1.29, 1.82) is 0 Å². The number of hydrogen-bond donors (Lipinski definition) is 2. The highest BCUT2D eigenvalue weighted by molar-refractivity contribution is 5.83. The van der Waals surface area contributed by atoms with Crippen LogP contribution in [0.3, 0.4) is 0 Å². The van der Waals surface area contributed by atoms with E-state index in [1.807, 2.05) is 0 Å². The van der Waals surface area contributed by atoms with Crippen LogP contribution in [0.2, 0.25) is 0 Å². The molecule has 2 amide bonds. The second kappa shape index (κ2) is 6.43. The van der Waals surface area contributed by atoms with Crippen LogP contribution < -0.4 is 0 Å². The molecule has 0 aromatic rings. The minimum absolute atomic E-state index is 0.130. The monoisotopic (exact) mass is 284 g/mol. The number of nitrogens with zero attached hydrogens (tertiary/aromatic N) is 2. The molecule has 2 heterocycles. The molecular weight excluding hydrogens is 260 g/mol. The van der Waals surface area contributed by atoms with Gasteiger partial charge in [0.1, 0.15) is 6.04 Å². The Balaban J connectivity index is 1.93. The molecule has 114 valence electrons. The van der Waals surface area contributed by atoms with Gasteiger partial charge >= 0.3 is 12.0 Å². The first kappa shape index (κ1) is 15.1. The Labute approximate surface area is 119 Å². The molecule has 6 nitrogen and oxygen atoms in total. The Morgan fingerprint density at radius 2 is 1.90 bits per heavy atom. The molecule has 0 aromatic carbocycles. The molecule has 2 aliphatic heterocycles. The minimum atomic E-state index is -1.03. The topological polar surface area (TPSA) is 81.1 Å². The van der Waals surface area contributed by atoms with Gasteiger partial charge in [0.05, 0.1) is 6.10 Å². The number of aliphatic hydroxyl groups excluding tert-OH is 1. The number of piperidine rings is 1. The van der Waals surface area contributed by atoms with E-state index in [1.165, 1.54) is 11.3 Å². The molecule has 0 aromatic heterocycles. The molecule has 0 saturated carbocycles. The molecule has 0 bridgehead atoms. The average molecular weight is 284 g/mol. The first-order valence-electron chi connectivity index (χ1n) is 7.49. The van der Waals surface area contributed by atoms with E-state index in [2.05, 4.69) is 6.92 Å². The molecular formula is C14H24N2O4. The van der Waals surface area contributed by atoms with Crippen molar-refractivity contribution in [3.05, 3.63) is 0 Å². The van der Waals surface area contributed by atoms with E-state index in [-0.39, 0.29) is 19.0 Å². The van der Waals surface area contributed by atoms with E-state index in [9.17, 15) is 14.7 Å². The number of hydrogen-bond acceptors (Lipinski definition) is 3. The molecule has 2 saturated heterocycles. The summed E-state index contributed by atoms with van der Waals surface area (Å²) >= 11 is 0. The maximum atomic E-state index is 12.4. The van der Waals surface area contributed by atoms with E-state index in [0.717, 1.165) is 19.3 Å². The summed E-state index contributed by atoms with van der Waals surface area (Å²) in [5.41, 5.74) is 0. The van der Waals surface area contributed by atoms with Gasteiger partial charge in [0, 0.05) is 26.1 Å². The first-order valence-corrected chi connectivity index (χ1v) is 7.49. The standard InChI is InChI=1S/C14H24N2O4/c1-2-3-10-4-6-15(7-5-10)14(20)16-9-11(17)8-12(16)13(18)19/h10-12,17H,2-9H2,1H3,(H,18,19). The fourth-order valence-corrected chi connectivity index (χ4v) is 3.26. The smallest absolute Gasteiger partial charge is 0.326 e. The van der Waals surface area contributed by atoms with Gasteiger partial charge in [-0.2, -0.15) is 0 Å². The highest BCUT2D eigenvalue weighted by Crippen LogP contribution is 2.25. The Bertz CT molecular complexity index is 366. The lowest BCUT2D eigenvalue weighted by Crippen LogP contribution is -2.50. The van der Waals surface area contributed by atoms with Gasteiger partial charge in [0.2, 0.25) is 0 Å². The molecule has 0 spiro atoms. The molecule has 2 fully saturated rings. The van der Waals surface area contributed by atoms with Crippen LogP contribution >= 0.6 is 0 Å². The maximum absolute atomic E-state index is 12.4. The third kappa shape index (κ3) is 3.23. The summed E-state index contributed by atoms with van der Waals surface area (Å²) in [6.45, 7) is 3.69. The summed E-state index contributed by atoms with van der Waals surface area (Å²) in [5, 5.41) is 18.7. The van der Waals surface area contributed by atoms with Crippen LogP contribution in [0.1, 0.15) is 39.0 Å². The van der Waals surface area contributed by atoms with Crippen molar-refractivity contribution >= 4 is 12.0 Å². The normalized spacial score (nSPS) is 27.9. The van der Waals surface area contributed by atoms with Gasteiger partial charge < -0.3 is 20.0 Å². The van der Waals surface area contributed by atoms with Crippen molar-refractivity contribution in [2.75, 3.05) is 19.6 Å². The fourth-order valence-electron chi connectivity index (χ4n) is 3.26. The van der Waals surface area contributed by atoms with Crippen LogP contribution in [0, 0.1) is 5.92 Å². The number of amides is 2. The van der Waals surface area contributed by atoms with Crippen molar-refractivity contribution in [2.24, 2.45) is 5.92 Å². The van der Waals surface area contributed by atoms with Crippen LogP contribution in [0.5, 0.6) is 0 Å². The summed E-state index contributed by atoms with van der Waals surface area (Å²) in [6, 6.07) is -1.12. The summed E-state index contributed by atoms with van der Waals surface area (Å²) in [5.74, 6) is -0.348. The molecule has 2 rings (SSSR count). The largest absolute Gasteiger partial charge is 0.480 e. The molecule has 0 aliphatic carbocycles. The minimum Gasteiger partial charge on any atom is -0.480 e. The van der Waals surface area contributed by atoms with E-state index >= 15 is 0 Å². The highest BCUT2D eigenvalue weighted by Gasteiger charge is 2.41. The molecule has 2 atom stereocenters. The van der Waals surface area contributed by atoms with Crippen LogP contribution in [-0.4, -0.2) is 63.8 Å². The maximum Gasteiger partial charge on any atom is 0.326 e. The number of rotatable bonds is 3. The van der Waals surface area contributed by atoms with Gasteiger partial charge in [0.25, 0.3) is 0 Å². The van der Waals surface area contributed by atoms with E-state index in [0.29, 0.717) is 19.0 Å². The van der Waals surface area contributed by atoms with Gasteiger partial charge in [-0.3, -0.25) is 0 Å².